The summed E-state index contributed by atoms with van der Waals surface area (Å²) >= 11 is 2.17. The van der Waals surface area contributed by atoms with Gasteiger partial charge < -0.3 is 5.73 Å². The van der Waals surface area contributed by atoms with Gasteiger partial charge in [-0.1, -0.05) is 50.1 Å². The van der Waals surface area contributed by atoms with Crippen LogP contribution in [0, 0.1) is 5.92 Å². The molecule has 18 heavy (non-hydrogen) atoms. The van der Waals surface area contributed by atoms with Gasteiger partial charge in [0, 0.05) is 10.5 Å². The highest BCUT2D eigenvalue weighted by Gasteiger charge is 2.23. The highest BCUT2D eigenvalue weighted by Crippen LogP contribution is 2.41. The van der Waals surface area contributed by atoms with E-state index >= 15 is 0 Å². The van der Waals surface area contributed by atoms with Gasteiger partial charge in [0.25, 0.3) is 0 Å². The molecule has 1 aliphatic rings. The lowest BCUT2D eigenvalue weighted by Gasteiger charge is -2.29. The topological polar surface area (TPSA) is 26.0 Å². The van der Waals surface area contributed by atoms with Crippen molar-refractivity contribution in [3.8, 4) is 0 Å². The fourth-order valence-electron chi connectivity index (χ4n) is 2.87. The molecule has 0 bridgehead atoms. The Morgan fingerprint density at radius 2 is 2.06 bits per heavy atom. The molecule has 100 valence electrons. The first-order valence-electron chi connectivity index (χ1n) is 7.20. The molecule has 1 aliphatic carbocycles. The molecule has 0 radical (unpaired) electrons. The maximum absolute atomic E-state index is 5.79. The van der Waals surface area contributed by atoms with Crippen molar-refractivity contribution in [2.45, 2.75) is 49.5 Å². The van der Waals surface area contributed by atoms with Crippen LogP contribution in [-0.4, -0.2) is 11.8 Å². The lowest BCUT2D eigenvalue weighted by Crippen LogP contribution is -2.17. The Bertz CT molecular complexity index is 338. The van der Waals surface area contributed by atoms with Crippen molar-refractivity contribution < 1.29 is 0 Å². The molecule has 3 unspecified atom stereocenters. The van der Waals surface area contributed by atoms with Gasteiger partial charge in [-0.25, -0.2) is 0 Å². The standard InChI is InChI=1S/C16H25NS/c1-13-6-5-9-15(12-13)18-16(10-11-17)14-7-3-2-4-8-14/h2-4,7-8,13,15-16H,5-6,9-12,17H2,1H3. The molecule has 1 aromatic rings. The van der Waals surface area contributed by atoms with Crippen LogP contribution in [0.25, 0.3) is 0 Å². The molecule has 2 rings (SSSR count). The Balaban J connectivity index is 1.97. The van der Waals surface area contributed by atoms with Crippen LogP contribution < -0.4 is 5.73 Å². The molecule has 2 N–H and O–H groups in total. The molecule has 1 saturated carbocycles. The van der Waals surface area contributed by atoms with Crippen molar-refractivity contribution in [1.82, 2.24) is 0 Å². The van der Waals surface area contributed by atoms with E-state index < -0.39 is 0 Å². The second-order valence-electron chi connectivity index (χ2n) is 5.51. The van der Waals surface area contributed by atoms with Crippen molar-refractivity contribution in [3.05, 3.63) is 35.9 Å². The van der Waals surface area contributed by atoms with Crippen LogP contribution in [0.5, 0.6) is 0 Å². The minimum absolute atomic E-state index is 0.589. The molecule has 1 fully saturated rings. The molecular formula is C16H25NS. The Hall–Kier alpha value is -0.470. The van der Waals surface area contributed by atoms with E-state index in [0.29, 0.717) is 5.25 Å². The fraction of sp³-hybridized carbons (Fsp3) is 0.625. The Morgan fingerprint density at radius 1 is 1.28 bits per heavy atom. The minimum Gasteiger partial charge on any atom is -0.330 e. The van der Waals surface area contributed by atoms with Crippen molar-refractivity contribution in [2.24, 2.45) is 11.7 Å². The van der Waals surface area contributed by atoms with Crippen LogP contribution in [0.1, 0.15) is 49.8 Å². The number of hydrogen-bond donors (Lipinski definition) is 1. The second-order valence-corrected chi connectivity index (χ2v) is 7.01. The van der Waals surface area contributed by atoms with Crippen LogP contribution in [0.15, 0.2) is 30.3 Å². The molecule has 1 nitrogen and oxygen atoms in total. The monoisotopic (exact) mass is 263 g/mol. The van der Waals surface area contributed by atoms with Crippen LogP contribution in [0.3, 0.4) is 0 Å². The number of benzene rings is 1. The summed E-state index contributed by atoms with van der Waals surface area (Å²) in [5.41, 5.74) is 7.24. The van der Waals surface area contributed by atoms with E-state index in [0.717, 1.165) is 24.1 Å². The van der Waals surface area contributed by atoms with Gasteiger partial charge in [-0.3, -0.25) is 0 Å². The zero-order chi connectivity index (χ0) is 12.8. The van der Waals surface area contributed by atoms with Crippen LogP contribution in [0.4, 0.5) is 0 Å². The van der Waals surface area contributed by atoms with Crippen molar-refractivity contribution in [1.29, 1.82) is 0 Å². The molecular weight excluding hydrogens is 238 g/mol. The van der Waals surface area contributed by atoms with E-state index in [-0.39, 0.29) is 0 Å². The van der Waals surface area contributed by atoms with Crippen molar-refractivity contribution in [2.75, 3.05) is 6.54 Å². The lowest BCUT2D eigenvalue weighted by atomic mass is 9.90. The van der Waals surface area contributed by atoms with Crippen molar-refractivity contribution >= 4 is 11.8 Å². The van der Waals surface area contributed by atoms with Crippen LogP contribution in [-0.2, 0) is 0 Å². The molecule has 0 saturated heterocycles. The Kier molecular flexibility index (Phi) is 5.58. The third-order valence-electron chi connectivity index (χ3n) is 3.85. The molecule has 2 heteroatoms. The summed E-state index contributed by atoms with van der Waals surface area (Å²) in [7, 11) is 0. The summed E-state index contributed by atoms with van der Waals surface area (Å²) in [6.45, 7) is 3.18. The first kappa shape index (κ1) is 14.0. The summed E-state index contributed by atoms with van der Waals surface area (Å²) in [6, 6.07) is 10.9. The lowest BCUT2D eigenvalue weighted by molar-refractivity contribution is 0.393. The highest BCUT2D eigenvalue weighted by molar-refractivity contribution is 8.00. The average Bonchev–Trinajstić information content (AvgIpc) is 2.39. The Labute approximate surface area is 116 Å². The molecule has 0 heterocycles. The number of nitrogens with two attached hydrogens (primary N) is 1. The number of thioether (sulfide) groups is 1. The van der Waals surface area contributed by atoms with E-state index in [1.807, 2.05) is 0 Å². The summed E-state index contributed by atoms with van der Waals surface area (Å²) in [5, 5.41) is 1.43. The predicted octanol–water partition coefficient (Wildman–Crippen LogP) is 4.39. The third kappa shape index (κ3) is 4.03. The normalized spacial score (nSPS) is 25.9. The summed E-state index contributed by atoms with van der Waals surface area (Å²) in [4.78, 5) is 0. The molecule has 3 atom stereocenters. The van der Waals surface area contributed by atoms with Crippen molar-refractivity contribution in [3.63, 3.8) is 0 Å². The number of hydrogen-bond acceptors (Lipinski definition) is 2. The van der Waals surface area contributed by atoms with E-state index in [2.05, 4.69) is 49.0 Å². The van der Waals surface area contributed by atoms with Gasteiger partial charge in [0.05, 0.1) is 0 Å². The highest BCUT2D eigenvalue weighted by atomic mass is 32.2. The maximum atomic E-state index is 5.79. The zero-order valence-electron chi connectivity index (χ0n) is 11.3. The smallest absolute Gasteiger partial charge is 0.0312 e. The van der Waals surface area contributed by atoms with Crippen LogP contribution in [0.2, 0.25) is 0 Å². The van der Waals surface area contributed by atoms with E-state index in [1.54, 1.807) is 0 Å². The molecule has 0 aromatic heterocycles. The average molecular weight is 263 g/mol. The first-order chi connectivity index (χ1) is 8.79. The molecule has 0 aliphatic heterocycles. The molecule has 0 spiro atoms. The minimum atomic E-state index is 0.589. The largest absolute Gasteiger partial charge is 0.330 e. The SMILES string of the molecule is CC1CCCC(SC(CCN)c2ccccc2)C1. The molecule has 0 amide bonds. The summed E-state index contributed by atoms with van der Waals surface area (Å²) in [6.07, 6.45) is 6.70. The summed E-state index contributed by atoms with van der Waals surface area (Å²) < 4.78 is 0. The van der Waals surface area contributed by atoms with Gasteiger partial charge in [0.1, 0.15) is 0 Å². The van der Waals surface area contributed by atoms with Gasteiger partial charge in [-0.2, -0.15) is 11.8 Å². The maximum Gasteiger partial charge on any atom is 0.0312 e. The van der Waals surface area contributed by atoms with Gasteiger partial charge in [-0.05, 0) is 37.3 Å². The quantitative estimate of drug-likeness (QED) is 0.852. The van der Waals surface area contributed by atoms with E-state index in [9.17, 15) is 0 Å². The van der Waals surface area contributed by atoms with Gasteiger partial charge in [0.2, 0.25) is 0 Å². The van der Waals surface area contributed by atoms with Crippen LogP contribution >= 0.6 is 11.8 Å². The Morgan fingerprint density at radius 3 is 2.72 bits per heavy atom. The fourth-order valence-corrected chi connectivity index (χ4v) is 4.66. The van der Waals surface area contributed by atoms with E-state index in [1.165, 1.54) is 31.2 Å². The predicted molar refractivity (Wildman–Crippen MR) is 81.9 cm³/mol. The van der Waals surface area contributed by atoms with Gasteiger partial charge in [0.15, 0.2) is 0 Å². The molecule has 1 aromatic carbocycles. The zero-order valence-corrected chi connectivity index (χ0v) is 12.2. The summed E-state index contributed by atoms with van der Waals surface area (Å²) in [5.74, 6) is 0.908. The van der Waals surface area contributed by atoms with Gasteiger partial charge >= 0.3 is 0 Å². The number of rotatable bonds is 5. The second kappa shape index (κ2) is 7.20. The van der Waals surface area contributed by atoms with E-state index in [4.69, 9.17) is 5.73 Å². The first-order valence-corrected chi connectivity index (χ1v) is 8.14. The third-order valence-corrected chi connectivity index (χ3v) is 5.49. The van der Waals surface area contributed by atoms with Gasteiger partial charge in [-0.15, -0.1) is 0 Å².